The summed E-state index contributed by atoms with van der Waals surface area (Å²) in [6.45, 7) is 10.1. The SMILES string of the molecule is Cc1nccn1CCN(CCC(N)=NO)CC(C)C. The Morgan fingerprint density at radius 2 is 2.26 bits per heavy atom. The van der Waals surface area contributed by atoms with E-state index in [0.717, 1.165) is 32.0 Å². The largest absolute Gasteiger partial charge is 0.409 e. The van der Waals surface area contributed by atoms with Crippen LogP contribution in [0.5, 0.6) is 0 Å². The molecule has 0 amide bonds. The third kappa shape index (κ3) is 5.74. The molecule has 0 aliphatic heterocycles. The van der Waals surface area contributed by atoms with Crippen LogP contribution < -0.4 is 5.73 Å². The number of imidazole rings is 1. The molecule has 6 nitrogen and oxygen atoms in total. The van der Waals surface area contributed by atoms with Gasteiger partial charge in [-0.05, 0) is 12.8 Å². The lowest BCUT2D eigenvalue weighted by Gasteiger charge is -2.24. The Morgan fingerprint density at radius 3 is 2.79 bits per heavy atom. The quantitative estimate of drug-likeness (QED) is 0.322. The molecular formula is C13H25N5O. The first-order valence-electron chi connectivity index (χ1n) is 6.69. The molecule has 0 fully saturated rings. The summed E-state index contributed by atoms with van der Waals surface area (Å²) in [5.74, 6) is 1.91. The summed E-state index contributed by atoms with van der Waals surface area (Å²) in [6, 6.07) is 0. The zero-order valence-electron chi connectivity index (χ0n) is 12.1. The molecule has 1 aromatic heterocycles. The highest BCUT2D eigenvalue weighted by Crippen LogP contribution is 2.02. The van der Waals surface area contributed by atoms with Crippen molar-refractivity contribution in [3.05, 3.63) is 18.2 Å². The Hall–Kier alpha value is -1.56. The normalized spacial score (nSPS) is 12.6. The monoisotopic (exact) mass is 267 g/mol. The zero-order chi connectivity index (χ0) is 14.3. The number of amidine groups is 1. The fraction of sp³-hybridized carbons (Fsp3) is 0.692. The van der Waals surface area contributed by atoms with Crippen LogP contribution in [0.2, 0.25) is 0 Å². The van der Waals surface area contributed by atoms with Gasteiger partial charge < -0.3 is 20.4 Å². The molecule has 1 heterocycles. The van der Waals surface area contributed by atoms with Crippen LogP contribution in [0, 0.1) is 12.8 Å². The van der Waals surface area contributed by atoms with E-state index in [1.165, 1.54) is 0 Å². The van der Waals surface area contributed by atoms with Gasteiger partial charge in [0.2, 0.25) is 0 Å². The maximum atomic E-state index is 8.58. The predicted molar refractivity (Wildman–Crippen MR) is 76.3 cm³/mol. The van der Waals surface area contributed by atoms with Gasteiger partial charge in [0, 0.05) is 45.0 Å². The second kappa shape index (κ2) is 7.78. The van der Waals surface area contributed by atoms with E-state index in [-0.39, 0.29) is 5.84 Å². The molecule has 0 bridgehead atoms. The molecular weight excluding hydrogens is 242 g/mol. The fourth-order valence-electron chi connectivity index (χ4n) is 2.02. The Balaban J connectivity index is 2.47. The Labute approximate surface area is 114 Å². The predicted octanol–water partition coefficient (Wildman–Crippen LogP) is 1.29. The Morgan fingerprint density at radius 1 is 1.53 bits per heavy atom. The fourth-order valence-corrected chi connectivity index (χ4v) is 2.02. The number of hydrogen-bond donors (Lipinski definition) is 2. The van der Waals surface area contributed by atoms with Gasteiger partial charge in [0.15, 0.2) is 0 Å². The van der Waals surface area contributed by atoms with Gasteiger partial charge in [-0.1, -0.05) is 19.0 Å². The molecule has 0 spiro atoms. The Kier molecular flexibility index (Phi) is 6.35. The Bertz CT molecular complexity index is 399. The molecule has 19 heavy (non-hydrogen) atoms. The topological polar surface area (TPSA) is 79.7 Å². The van der Waals surface area contributed by atoms with Crippen LogP contribution in [-0.4, -0.2) is 45.1 Å². The highest BCUT2D eigenvalue weighted by atomic mass is 16.4. The van der Waals surface area contributed by atoms with E-state index in [4.69, 9.17) is 10.9 Å². The van der Waals surface area contributed by atoms with E-state index in [1.807, 2.05) is 19.3 Å². The standard InChI is InChI=1S/C13H25N5O/c1-11(2)10-17(6-4-13(14)16-19)8-9-18-7-5-15-12(18)3/h5,7,11,19H,4,6,8-10H2,1-3H3,(H2,14,16). The van der Waals surface area contributed by atoms with Gasteiger partial charge in [-0.25, -0.2) is 4.98 Å². The lowest BCUT2D eigenvalue weighted by Crippen LogP contribution is -2.34. The van der Waals surface area contributed by atoms with E-state index >= 15 is 0 Å². The maximum absolute atomic E-state index is 8.58. The lowest BCUT2D eigenvalue weighted by atomic mass is 10.2. The maximum Gasteiger partial charge on any atom is 0.140 e. The summed E-state index contributed by atoms with van der Waals surface area (Å²) in [4.78, 5) is 6.55. The molecule has 0 saturated heterocycles. The average Bonchev–Trinajstić information content (AvgIpc) is 2.77. The molecule has 0 aliphatic rings. The summed E-state index contributed by atoms with van der Waals surface area (Å²) in [5, 5.41) is 11.6. The van der Waals surface area contributed by atoms with E-state index in [0.29, 0.717) is 12.3 Å². The molecule has 6 heteroatoms. The lowest BCUT2D eigenvalue weighted by molar-refractivity contribution is 0.239. The molecule has 1 aromatic rings. The molecule has 1 rings (SSSR count). The second-order valence-electron chi connectivity index (χ2n) is 5.20. The minimum Gasteiger partial charge on any atom is -0.409 e. The van der Waals surface area contributed by atoms with E-state index in [9.17, 15) is 0 Å². The minimum absolute atomic E-state index is 0.285. The molecule has 0 aliphatic carbocycles. The van der Waals surface area contributed by atoms with Crippen LogP contribution in [0.25, 0.3) is 0 Å². The third-order valence-electron chi connectivity index (χ3n) is 3.02. The highest BCUT2D eigenvalue weighted by Gasteiger charge is 2.09. The molecule has 0 saturated carbocycles. The summed E-state index contributed by atoms with van der Waals surface area (Å²) in [7, 11) is 0. The van der Waals surface area contributed by atoms with Gasteiger partial charge in [-0.2, -0.15) is 0 Å². The number of aryl methyl sites for hydroxylation is 1. The van der Waals surface area contributed by atoms with Crippen molar-refractivity contribution in [2.45, 2.75) is 33.7 Å². The number of nitrogens with two attached hydrogens (primary N) is 1. The highest BCUT2D eigenvalue weighted by molar-refractivity contribution is 5.79. The van der Waals surface area contributed by atoms with Crippen molar-refractivity contribution in [2.75, 3.05) is 19.6 Å². The number of rotatable bonds is 8. The van der Waals surface area contributed by atoms with Gasteiger partial charge in [0.05, 0.1) is 0 Å². The van der Waals surface area contributed by atoms with E-state index in [2.05, 4.69) is 33.5 Å². The number of hydrogen-bond acceptors (Lipinski definition) is 4. The molecule has 0 unspecified atom stereocenters. The first kappa shape index (κ1) is 15.5. The van der Waals surface area contributed by atoms with Gasteiger partial charge >= 0.3 is 0 Å². The zero-order valence-corrected chi connectivity index (χ0v) is 12.1. The number of aromatic nitrogens is 2. The average molecular weight is 267 g/mol. The number of oxime groups is 1. The molecule has 3 N–H and O–H groups in total. The van der Waals surface area contributed by atoms with Crippen molar-refractivity contribution in [3.63, 3.8) is 0 Å². The second-order valence-corrected chi connectivity index (χ2v) is 5.20. The van der Waals surface area contributed by atoms with Crippen molar-refractivity contribution in [1.29, 1.82) is 0 Å². The molecule has 108 valence electrons. The van der Waals surface area contributed by atoms with Crippen molar-refractivity contribution in [3.8, 4) is 0 Å². The summed E-state index contributed by atoms with van der Waals surface area (Å²) < 4.78 is 2.14. The van der Waals surface area contributed by atoms with Crippen LogP contribution in [0.3, 0.4) is 0 Å². The third-order valence-corrected chi connectivity index (χ3v) is 3.02. The summed E-state index contributed by atoms with van der Waals surface area (Å²) in [6.07, 6.45) is 4.40. The van der Waals surface area contributed by atoms with E-state index in [1.54, 1.807) is 0 Å². The van der Waals surface area contributed by atoms with Gasteiger partial charge in [0.25, 0.3) is 0 Å². The van der Waals surface area contributed by atoms with Gasteiger partial charge in [0.1, 0.15) is 11.7 Å². The summed E-state index contributed by atoms with van der Waals surface area (Å²) >= 11 is 0. The van der Waals surface area contributed by atoms with Crippen LogP contribution in [0.1, 0.15) is 26.1 Å². The van der Waals surface area contributed by atoms with Gasteiger partial charge in [-0.3, -0.25) is 0 Å². The van der Waals surface area contributed by atoms with Crippen LogP contribution >= 0.6 is 0 Å². The molecule has 0 aromatic carbocycles. The van der Waals surface area contributed by atoms with Crippen LogP contribution in [0.15, 0.2) is 17.5 Å². The van der Waals surface area contributed by atoms with Crippen molar-refractivity contribution in [2.24, 2.45) is 16.8 Å². The summed E-state index contributed by atoms with van der Waals surface area (Å²) in [5.41, 5.74) is 5.53. The van der Waals surface area contributed by atoms with Crippen LogP contribution in [-0.2, 0) is 6.54 Å². The van der Waals surface area contributed by atoms with E-state index < -0.39 is 0 Å². The van der Waals surface area contributed by atoms with Crippen molar-refractivity contribution in [1.82, 2.24) is 14.5 Å². The van der Waals surface area contributed by atoms with Crippen LogP contribution in [0.4, 0.5) is 0 Å². The minimum atomic E-state index is 0.285. The van der Waals surface area contributed by atoms with Crippen molar-refractivity contribution < 1.29 is 5.21 Å². The first-order chi connectivity index (χ1) is 9.02. The number of nitrogens with zero attached hydrogens (tertiary/aromatic N) is 4. The smallest absolute Gasteiger partial charge is 0.140 e. The van der Waals surface area contributed by atoms with Crippen molar-refractivity contribution >= 4 is 5.84 Å². The molecule has 0 radical (unpaired) electrons. The molecule has 0 atom stereocenters. The first-order valence-corrected chi connectivity index (χ1v) is 6.69. The van der Waals surface area contributed by atoms with Gasteiger partial charge in [-0.15, -0.1) is 0 Å².